The van der Waals surface area contributed by atoms with Gasteiger partial charge in [0.1, 0.15) is 6.10 Å². The minimum absolute atomic E-state index is 0.0706. The molecule has 0 amide bonds. The van der Waals surface area contributed by atoms with Gasteiger partial charge >= 0.3 is 6.47 Å². The number of epoxide rings is 1. The van der Waals surface area contributed by atoms with Crippen LogP contribution in [0, 0.1) is 0 Å². The van der Waals surface area contributed by atoms with E-state index in [1.807, 2.05) is 0 Å². The van der Waals surface area contributed by atoms with Crippen molar-refractivity contribution >= 4 is 6.47 Å². The van der Waals surface area contributed by atoms with Crippen molar-refractivity contribution in [3.8, 4) is 0 Å². The van der Waals surface area contributed by atoms with Crippen LogP contribution < -0.4 is 0 Å². The van der Waals surface area contributed by atoms with Crippen LogP contribution in [0.2, 0.25) is 0 Å². The fraction of sp³-hybridized carbons (Fsp3) is 0.857. The van der Waals surface area contributed by atoms with Crippen LogP contribution in [0.4, 0.5) is 0 Å². The van der Waals surface area contributed by atoms with Gasteiger partial charge in [0, 0.05) is 6.42 Å². The molecule has 1 radical (unpaired) electrons. The van der Waals surface area contributed by atoms with Crippen molar-refractivity contribution in [2.24, 2.45) is 0 Å². The van der Waals surface area contributed by atoms with Gasteiger partial charge in [-0.25, -0.2) is 4.79 Å². The van der Waals surface area contributed by atoms with E-state index in [1.165, 1.54) is 6.47 Å². The fourth-order valence-electron chi connectivity index (χ4n) is 1.54. The highest BCUT2D eigenvalue weighted by molar-refractivity contribution is 5.38. The van der Waals surface area contributed by atoms with Crippen molar-refractivity contribution in [3.63, 3.8) is 0 Å². The molecule has 1 heterocycles. The second kappa shape index (κ2) is 2.23. The van der Waals surface area contributed by atoms with Crippen molar-refractivity contribution in [2.75, 3.05) is 0 Å². The quantitative estimate of drug-likeness (QED) is 0.522. The van der Waals surface area contributed by atoms with Gasteiger partial charge < -0.3 is 9.47 Å². The molecule has 3 heteroatoms. The Morgan fingerprint density at radius 1 is 1.40 bits per heavy atom. The minimum Gasteiger partial charge on any atom is -0.454 e. The van der Waals surface area contributed by atoms with Crippen LogP contribution >= 0.6 is 0 Å². The lowest BCUT2D eigenvalue weighted by Gasteiger charge is -2.15. The summed E-state index contributed by atoms with van der Waals surface area (Å²) in [5, 5.41) is 0. The first-order valence-corrected chi connectivity index (χ1v) is 3.58. The van der Waals surface area contributed by atoms with Crippen molar-refractivity contribution in [1.29, 1.82) is 0 Å². The summed E-state index contributed by atoms with van der Waals surface area (Å²) in [7, 11) is 0. The largest absolute Gasteiger partial charge is 0.454 e. The summed E-state index contributed by atoms with van der Waals surface area (Å²) in [6.45, 7) is 1.47. The maximum absolute atomic E-state index is 9.81. The molecule has 0 aromatic carbocycles. The van der Waals surface area contributed by atoms with E-state index >= 15 is 0 Å². The molecule has 2 aliphatic rings. The van der Waals surface area contributed by atoms with Gasteiger partial charge in [0.15, 0.2) is 0 Å². The van der Waals surface area contributed by atoms with Crippen LogP contribution in [0.5, 0.6) is 0 Å². The summed E-state index contributed by atoms with van der Waals surface area (Å²) in [5.74, 6) is 0. The molecule has 55 valence electrons. The summed E-state index contributed by atoms with van der Waals surface area (Å²) < 4.78 is 9.94. The van der Waals surface area contributed by atoms with Gasteiger partial charge in [0.2, 0.25) is 0 Å². The number of hydrogen-bond donors (Lipinski definition) is 0. The first-order valence-electron chi connectivity index (χ1n) is 3.58. The van der Waals surface area contributed by atoms with Crippen molar-refractivity contribution < 1.29 is 14.3 Å². The molecule has 2 fully saturated rings. The zero-order valence-corrected chi connectivity index (χ0v) is 5.58. The standard InChI is InChI=1S/C7H9O3/c8-4-9-5-1-2-6-7(3-5)10-6/h5-7H,1-3H2. The molecule has 3 nitrogen and oxygen atoms in total. The Morgan fingerprint density at radius 2 is 2.30 bits per heavy atom. The van der Waals surface area contributed by atoms with E-state index in [2.05, 4.69) is 0 Å². The second-order valence-electron chi connectivity index (χ2n) is 2.85. The van der Waals surface area contributed by atoms with Crippen LogP contribution in [-0.4, -0.2) is 24.8 Å². The van der Waals surface area contributed by atoms with Gasteiger partial charge in [-0.1, -0.05) is 0 Å². The highest BCUT2D eigenvalue weighted by Gasteiger charge is 2.44. The van der Waals surface area contributed by atoms with Gasteiger partial charge in [-0.3, -0.25) is 0 Å². The van der Waals surface area contributed by atoms with E-state index in [0.29, 0.717) is 12.2 Å². The molecule has 10 heavy (non-hydrogen) atoms. The van der Waals surface area contributed by atoms with Gasteiger partial charge in [-0.05, 0) is 12.8 Å². The number of ether oxygens (including phenoxy) is 2. The number of fused-ring (bicyclic) bond motifs is 1. The average molecular weight is 141 g/mol. The Labute approximate surface area is 59.3 Å². The van der Waals surface area contributed by atoms with Gasteiger partial charge in [0.05, 0.1) is 12.2 Å². The Balaban J connectivity index is 1.82. The van der Waals surface area contributed by atoms with Crippen LogP contribution in [0.15, 0.2) is 0 Å². The third-order valence-electron chi connectivity index (χ3n) is 2.17. The molecular weight excluding hydrogens is 132 g/mol. The summed E-state index contributed by atoms with van der Waals surface area (Å²) in [5.41, 5.74) is 0. The SMILES string of the molecule is O=[C]OC1CCC2OC2C1. The molecule has 0 bridgehead atoms. The van der Waals surface area contributed by atoms with Crippen LogP contribution in [-0.2, 0) is 14.3 Å². The predicted molar refractivity (Wildman–Crippen MR) is 33.1 cm³/mol. The van der Waals surface area contributed by atoms with E-state index in [1.54, 1.807) is 0 Å². The van der Waals surface area contributed by atoms with Gasteiger partial charge in [-0.15, -0.1) is 0 Å². The fourth-order valence-corrected chi connectivity index (χ4v) is 1.54. The number of carbonyl (C=O) groups excluding carboxylic acids is 1. The Bertz CT molecular complexity index is 146. The van der Waals surface area contributed by atoms with Crippen LogP contribution in [0.1, 0.15) is 19.3 Å². The molecule has 0 N–H and O–H groups in total. The Hall–Kier alpha value is -0.570. The number of rotatable bonds is 2. The lowest BCUT2D eigenvalue weighted by Crippen LogP contribution is -2.20. The molecule has 0 spiro atoms. The summed E-state index contributed by atoms with van der Waals surface area (Å²) in [6, 6.07) is 0. The van der Waals surface area contributed by atoms with E-state index in [4.69, 9.17) is 9.47 Å². The first kappa shape index (κ1) is 6.16. The monoisotopic (exact) mass is 141 g/mol. The number of hydrogen-bond acceptors (Lipinski definition) is 3. The van der Waals surface area contributed by atoms with Crippen molar-refractivity contribution in [1.82, 2.24) is 0 Å². The van der Waals surface area contributed by atoms with E-state index in [0.717, 1.165) is 19.3 Å². The van der Waals surface area contributed by atoms with Crippen LogP contribution in [0.25, 0.3) is 0 Å². The highest BCUT2D eigenvalue weighted by Crippen LogP contribution is 2.37. The third-order valence-corrected chi connectivity index (χ3v) is 2.17. The molecule has 1 aliphatic heterocycles. The molecule has 0 aromatic rings. The van der Waals surface area contributed by atoms with Gasteiger partial charge in [0.25, 0.3) is 0 Å². The van der Waals surface area contributed by atoms with Crippen LogP contribution in [0.3, 0.4) is 0 Å². The van der Waals surface area contributed by atoms with Crippen molar-refractivity contribution in [2.45, 2.75) is 37.6 Å². The normalized spacial score (nSPS) is 43.8. The van der Waals surface area contributed by atoms with E-state index in [9.17, 15) is 4.79 Å². The molecule has 3 unspecified atom stereocenters. The van der Waals surface area contributed by atoms with Crippen molar-refractivity contribution in [3.05, 3.63) is 0 Å². The minimum atomic E-state index is 0.0706. The van der Waals surface area contributed by atoms with E-state index < -0.39 is 0 Å². The Morgan fingerprint density at radius 3 is 3.00 bits per heavy atom. The summed E-state index contributed by atoms with van der Waals surface area (Å²) in [4.78, 5) is 9.81. The van der Waals surface area contributed by atoms with E-state index in [-0.39, 0.29) is 6.10 Å². The summed E-state index contributed by atoms with van der Waals surface area (Å²) in [6.07, 6.45) is 3.78. The smallest absolute Gasteiger partial charge is 0.417 e. The van der Waals surface area contributed by atoms with Gasteiger partial charge in [-0.2, -0.15) is 0 Å². The molecular formula is C7H9O3. The maximum atomic E-state index is 9.81. The summed E-state index contributed by atoms with van der Waals surface area (Å²) >= 11 is 0. The molecule has 3 atom stereocenters. The maximum Gasteiger partial charge on any atom is 0.417 e. The highest BCUT2D eigenvalue weighted by atomic mass is 16.6. The first-order chi connectivity index (χ1) is 4.90. The Kier molecular flexibility index (Phi) is 1.38. The molecule has 1 aliphatic carbocycles. The molecule has 1 saturated carbocycles. The zero-order chi connectivity index (χ0) is 6.97. The third kappa shape index (κ3) is 1.01. The average Bonchev–Trinajstić information content (AvgIpc) is 2.66. The molecule has 0 aromatic heterocycles. The molecule has 2 rings (SSSR count). The zero-order valence-electron chi connectivity index (χ0n) is 5.58. The lowest BCUT2D eigenvalue weighted by atomic mass is 9.98. The molecule has 1 saturated heterocycles. The second-order valence-corrected chi connectivity index (χ2v) is 2.85. The lowest BCUT2D eigenvalue weighted by molar-refractivity contribution is 0.143. The topological polar surface area (TPSA) is 38.8 Å². The predicted octanol–water partition coefficient (Wildman–Crippen LogP) is 0.390.